The molecule has 3 rings (SSSR count). The molecule has 0 aliphatic heterocycles. The molecular weight excluding hydrogens is 396 g/mol. The lowest BCUT2D eigenvalue weighted by molar-refractivity contribution is -0.199. The van der Waals surface area contributed by atoms with Crippen LogP contribution in [0.4, 0.5) is 0 Å². The number of rotatable bonds is 7. The number of hydrogen-bond acceptors (Lipinski definition) is 6. The monoisotopic (exact) mass is 424 g/mol. The van der Waals surface area contributed by atoms with Crippen LogP contribution in [-0.4, -0.2) is 47.1 Å². The third-order valence-corrected chi connectivity index (χ3v) is 5.63. The Balaban J connectivity index is 1.75. The molecule has 2 aromatic rings. The summed E-state index contributed by atoms with van der Waals surface area (Å²) in [7, 11) is 1.52. The molecule has 1 saturated carbocycles. The summed E-state index contributed by atoms with van der Waals surface area (Å²) in [5, 5.41) is 32.5. The Labute approximate surface area is 182 Å². The summed E-state index contributed by atoms with van der Waals surface area (Å²) in [5.41, 5.74) is 2.03. The highest BCUT2D eigenvalue weighted by molar-refractivity contribution is 5.85. The van der Waals surface area contributed by atoms with Gasteiger partial charge in [-0.05, 0) is 30.2 Å². The van der Waals surface area contributed by atoms with Crippen LogP contribution >= 0.6 is 0 Å². The number of aliphatic hydroxyl groups is 2. The molecule has 1 aliphatic carbocycles. The minimum Gasteiger partial charge on any atom is -0.390 e. The number of benzene rings is 2. The summed E-state index contributed by atoms with van der Waals surface area (Å²) in [4.78, 5) is 12.8. The van der Waals surface area contributed by atoms with Gasteiger partial charge in [0, 0.05) is 19.9 Å². The first-order chi connectivity index (χ1) is 14.9. The maximum atomic E-state index is 12.8. The topological polar surface area (TPSA) is 112 Å². The number of nitrogens with one attached hydrogen (secondary N) is 1. The van der Waals surface area contributed by atoms with Gasteiger partial charge in [0.25, 0.3) is 5.91 Å². The first-order valence-corrected chi connectivity index (χ1v) is 10.3. The average molecular weight is 424 g/mol. The molecule has 3 N–H and O–H groups in total. The van der Waals surface area contributed by atoms with E-state index in [1.807, 2.05) is 31.2 Å². The molecule has 7 nitrogen and oxygen atoms in total. The molecule has 0 radical (unpaired) electrons. The van der Waals surface area contributed by atoms with Crippen LogP contribution in [0.3, 0.4) is 0 Å². The highest BCUT2D eigenvalue weighted by atomic mass is 16.5. The van der Waals surface area contributed by atoms with Crippen molar-refractivity contribution >= 4 is 5.91 Å². The first kappa shape index (κ1) is 22.9. The van der Waals surface area contributed by atoms with Crippen molar-refractivity contribution in [1.82, 2.24) is 5.32 Å². The zero-order valence-electron chi connectivity index (χ0n) is 17.7. The number of aryl methyl sites for hydroxylation is 1. The third kappa shape index (κ3) is 5.49. The van der Waals surface area contributed by atoms with E-state index < -0.39 is 23.9 Å². The lowest BCUT2D eigenvalue weighted by Gasteiger charge is -2.43. The molecule has 0 heterocycles. The maximum Gasteiger partial charge on any atom is 0.252 e. The van der Waals surface area contributed by atoms with Gasteiger partial charge in [-0.15, -0.1) is 0 Å². The second-order valence-electron chi connectivity index (χ2n) is 7.98. The van der Waals surface area contributed by atoms with Crippen LogP contribution in [0, 0.1) is 18.3 Å². The molecule has 0 aromatic heterocycles. The summed E-state index contributed by atoms with van der Waals surface area (Å²) in [6.45, 7) is 2.34. The smallest absolute Gasteiger partial charge is 0.252 e. The summed E-state index contributed by atoms with van der Waals surface area (Å²) in [5.74, 6) is -0.363. The lowest BCUT2D eigenvalue weighted by atomic mass is 9.78. The van der Waals surface area contributed by atoms with Crippen molar-refractivity contribution in [2.75, 3.05) is 7.05 Å². The molecule has 2 aromatic carbocycles. The quantitative estimate of drug-likeness (QED) is 0.627. The largest absolute Gasteiger partial charge is 0.390 e. The van der Waals surface area contributed by atoms with Gasteiger partial charge in [0.2, 0.25) is 0 Å². The minimum absolute atomic E-state index is 0.0314. The van der Waals surface area contributed by atoms with Crippen LogP contribution in [0.2, 0.25) is 0 Å². The van der Waals surface area contributed by atoms with Gasteiger partial charge in [-0.1, -0.05) is 42.0 Å². The van der Waals surface area contributed by atoms with Crippen LogP contribution in [0.25, 0.3) is 0 Å². The van der Waals surface area contributed by atoms with E-state index in [-0.39, 0.29) is 32.0 Å². The first-order valence-electron chi connectivity index (χ1n) is 10.3. The Morgan fingerprint density at radius 3 is 2.55 bits per heavy atom. The molecule has 1 unspecified atom stereocenters. The molecule has 0 saturated heterocycles. The molecule has 1 fully saturated rings. The third-order valence-electron chi connectivity index (χ3n) is 5.63. The number of ether oxygens (including phenoxy) is 2. The standard InChI is InChI=1S/C24H28N2O5/c1-16-4-3-5-19(10-16)15-31-24(23(29)26-2)11-20(27)22(28)21(12-24)30-14-18-8-6-17(13-25)7-9-18/h3-10,20-22,27-28H,11-12,14-15H2,1-2H3,(H,26,29)/t20-,21?,22-,24+/m1/s1. The molecule has 164 valence electrons. The average Bonchev–Trinajstić information content (AvgIpc) is 2.78. The van der Waals surface area contributed by atoms with Crippen molar-refractivity contribution in [2.24, 2.45) is 0 Å². The SMILES string of the molecule is CNC(=O)[C@@]1(OCc2cccc(C)c2)CC(OCc2ccc(C#N)cc2)[C@H](O)[C@H](O)C1. The van der Waals surface area contributed by atoms with Gasteiger partial charge in [-0.25, -0.2) is 0 Å². The molecule has 7 heteroatoms. The van der Waals surface area contributed by atoms with E-state index in [0.29, 0.717) is 5.56 Å². The Morgan fingerprint density at radius 2 is 1.90 bits per heavy atom. The van der Waals surface area contributed by atoms with Crippen LogP contribution in [0.15, 0.2) is 48.5 Å². The summed E-state index contributed by atoms with van der Waals surface area (Å²) < 4.78 is 12.0. The second kappa shape index (κ2) is 10.0. The van der Waals surface area contributed by atoms with E-state index >= 15 is 0 Å². The van der Waals surface area contributed by atoms with E-state index in [4.69, 9.17) is 14.7 Å². The van der Waals surface area contributed by atoms with Crippen LogP contribution in [0.1, 0.15) is 35.1 Å². The fourth-order valence-corrected chi connectivity index (χ4v) is 3.89. The molecular formula is C24H28N2O5. The summed E-state index contributed by atoms with van der Waals surface area (Å²) >= 11 is 0. The second-order valence-corrected chi connectivity index (χ2v) is 7.98. The Bertz CT molecular complexity index is 940. The predicted molar refractivity (Wildman–Crippen MR) is 114 cm³/mol. The van der Waals surface area contributed by atoms with E-state index in [2.05, 4.69) is 11.4 Å². The van der Waals surface area contributed by atoms with Crippen molar-refractivity contribution in [3.05, 3.63) is 70.8 Å². The van der Waals surface area contributed by atoms with Crippen LogP contribution in [-0.2, 0) is 27.5 Å². The van der Waals surface area contributed by atoms with Crippen LogP contribution in [0.5, 0.6) is 0 Å². The van der Waals surface area contributed by atoms with Crippen molar-refractivity contribution in [2.45, 2.75) is 56.9 Å². The molecule has 1 aliphatic rings. The zero-order chi connectivity index (χ0) is 22.4. The van der Waals surface area contributed by atoms with E-state index in [9.17, 15) is 15.0 Å². The van der Waals surface area contributed by atoms with Gasteiger partial charge in [0.05, 0.1) is 37.1 Å². The molecule has 4 atom stereocenters. The van der Waals surface area contributed by atoms with Gasteiger partial charge in [-0.2, -0.15) is 5.26 Å². The molecule has 0 bridgehead atoms. The number of amides is 1. The normalized spacial score (nSPS) is 25.6. The number of nitrogens with zero attached hydrogens (tertiary/aromatic N) is 1. The highest BCUT2D eigenvalue weighted by Crippen LogP contribution is 2.35. The summed E-state index contributed by atoms with van der Waals surface area (Å²) in [6, 6.07) is 16.8. The number of aliphatic hydroxyl groups excluding tert-OH is 2. The summed E-state index contributed by atoms with van der Waals surface area (Å²) in [6.07, 6.45) is -3.04. The van der Waals surface area contributed by atoms with Gasteiger partial charge < -0.3 is 25.0 Å². The minimum atomic E-state index is -1.33. The van der Waals surface area contributed by atoms with Crippen molar-refractivity contribution in [3.63, 3.8) is 0 Å². The molecule has 0 spiro atoms. The van der Waals surface area contributed by atoms with Gasteiger partial charge in [0.15, 0.2) is 5.60 Å². The fraction of sp³-hybridized carbons (Fsp3) is 0.417. The Hall–Kier alpha value is -2.76. The van der Waals surface area contributed by atoms with E-state index in [1.165, 1.54) is 7.05 Å². The number of carbonyl (C=O) groups excluding carboxylic acids is 1. The molecule has 1 amide bonds. The van der Waals surface area contributed by atoms with Crippen molar-refractivity contribution < 1.29 is 24.5 Å². The number of carbonyl (C=O) groups is 1. The van der Waals surface area contributed by atoms with E-state index in [0.717, 1.165) is 16.7 Å². The number of hydrogen-bond donors (Lipinski definition) is 3. The van der Waals surface area contributed by atoms with Crippen molar-refractivity contribution in [3.8, 4) is 6.07 Å². The van der Waals surface area contributed by atoms with Gasteiger partial charge in [-0.3, -0.25) is 4.79 Å². The van der Waals surface area contributed by atoms with E-state index in [1.54, 1.807) is 24.3 Å². The van der Waals surface area contributed by atoms with Crippen LogP contribution < -0.4 is 5.32 Å². The van der Waals surface area contributed by atoms with Gasteiger partial charge >= 0.3 is 0 Å². The highest BCUT2D eigenvalue weighted by Gasteiger charge is 2.51. The number of nitriles is 1. The lowest BCUT2D eigenvalue weighted by Crippen LogP contribution is -2.60. The molecule has 31 heavy (non-hydrogen) atoms. The maximum absolute atomic E-state index is 12.8. The Morgan fingerprint density at radius 1 is 1.16 bits per heavy atom. The Kier molecular flexibility index (Phi) is 7.42. The predicted octanol–water partition coefficient (Wildman–Crippen LogP) is 1.97. The zero-order valence-corrected chi connectivity index (χ0v) is 17.7. The van der Waals surface area contributed by atoms with Crippen molar-refractivity contribution in [1.29, 1.82) is 5.26 Å². The number of likely N-dealkylation sites (N-methyl/N-ethyl adjacent to an activating group) is 1. The fourth-order valence-electron chi connectivity index (χ4n) is 3.89. The van der Waals surface area contributed by atoms with Gasteiger partial charge in [0.1, 0.15) is 6.10 Å².